The summed E-state index contributed by atoms with van der Waals surface area (Å²) in [6.07, 6.45) is 1.33. The molecule has 0 aromatic heterocycles. The summed E-state index contributed by atoms with van der Waals surface area (Å²) < 4.78 is 5.53. The Balaban J connectivity index is 1.65. The minimum absolute atomic E-state index is 0.0252. The number of rotatable bonds is 1. The van der Waals surface area contributed by atoms with Gasteiger partial charge in [0.2, 0.25) is 5.91 Å². The lowest BCUT2D eigenvalue weighted by atomic mass is 9.75. The molecule has 0 spiro atoms. The topological polar surface area (TPSA) is 49.9 Å². The van der Waals surface area contributed by atoms with Crippen molar-refractivity contribution >= 4 is 11.8 Å². The van der Waals surface area contributed by atoms with Crippen LogP contribution in [-0.4, -0.2) is 54.0 Å². The Morgan fingerprint density at radius 2 is 2.08 bits per heavy atom. The molecule has 0 radical (unpaired) electrons. The van der Waals surface area contributed by atoms with Crippen molar-refractivity contribution in [1.82, 2.24) is 9.80 Å². The van der Waals surface area contributed by atoms with Gasteiger partial charge in [-0.15, -0.1) is 0 Å². The number of piperazine rings is 1. The molecular weight excluding hydrogens is 304 g/mol. The van der Waals surface area contributed by atoms with E-state index in [4.69, 9.17) is 4.74 Å². The predicted molar refractivity (Wildman–Crippen MR) is 89.5 cm³/mol. The summed E-state index contributed by atoms with van der Waals surface area (Å²) in [4.78, 5) is 29.1. The first-order valence-electron chi connectivity index (χ1n) is 8.77. The number of hydrogen-bond donors (Lipinski definition) is 0. The molecule has 2 amide bonds. The third-order valence-electron chi connectivity index (χ3n) is 5.55. The van der Waals surface area contributed by atoms with Crippen LogP contribution in [0.25, 0.3) is 0 Å². The highest BCUT2D eigenvalue weighted by molar-refractivity contribution is 5.89. The summed E-state index contributed by atoms with van der Waals surface area (Å²) in [5, 5.41) is 0. The van der Waals surface area contributed by atoms with Gasteiger partial charge in [0.15, 0.2) is 0 Å². The Labute approximate surface area is 142 Å². The predicted octanol–water partition coefficient (Wildman–Crippen LogP) is 1.87. The smallest absolute Gasteiger partial charge is 0.252 e. The van der Waals surface area contributed by atoms with Gasteiger partial charge in [0.05, 0.1) is 12.6 Å². The second-order valence-electron chi connectivity index (χ2n) is 7.73. The average molecular weight is 328 g/mol. The fraction of sp³-hybridized carbons (Fsp3) is 0.579. The molecular formula is C19H24N2O3. The zero-order valence-electron chi connectivity index (χ0n) is 14.3. The average Bonchev–Trinajstić information content (AvgIpc) is 3.09. The Kier molecular flexibility index (Phi) is 3.64. The first kappa shape index (κ1) is 15.6. The van der Waals surface area contributed by atoms with E-state index in [0.717, 1.165) is 12.8 Å². The van der Waals surface area contributed by atoms with E-state index in [-0.39, 0.29) is 35.9 Å². The fourth-order valence-electron chi connectivity index (χ4n) is 4.32. The lowest BCUT2D eigenvalue weighted by Gasteiger charge is -2.49. The number of benzene rings is 1. The fourth-order valence-corrected chi connectivity index (χ4v) is 4.32. The van der Waals surface area contributed by atoms with Crippen LogP contribution in [0.3, 0.4) is 0 Å². The normalized spacial score (nSPS) is 28.5. The molecule has 2 fully saturated rings. The summed E-state index contributed by atoms with van der Waals surface area (Å²) in [7, 11) is 0. The van der Waals surface area contributed by atoms with Gasteiger partial charge in [-0.3, -0.25) is 9.59 Å². The lowest BCUT2D eigenvalue weighted by molar-refractivity contribution is -0.155. The van der Waals surface area contributed by atoms with Crippen molar-refractivity contribution in [2.45, 2.75) is 44.2 Å². The number of ether oxygens (including phenoxy) is 1. The van der Waals surface area contributed by atoms with Crippen LogP contribution in [0.2, 0.25) is 0 Å². The molecule has 1 aromatic carbocycles. The molecule has 3 aliphatic rings. The van der Waals surface area contributed by atoms with Crippen LogP contribution in [0.5, 0.6) is 0 Å². The van der Waals surface area contributed by atoms with E-state index in [0.29, 0.717) is 19.7 Å². The maximum Gasteiger partial charge on any atom is 0.252 e. The van der Waals surface area contributed by atoms with Crippen molar-refractivity contribution in [3.8, 4) is 0 Å². The molecule has 0 N–H and O–H groups in total. The SMILES string of the molecule is CC1(C)CN2C(=O)CN(C(=O)C3CCCO3)CC2c2ccccc21. The Morgan fingerprint density at radius 1 is 1.29 bits per heavy atom. The van der Waals surface area contributed by atoms with Crippen LogP contribution in [0.1, 0.15) is 43.9 Å². The Morgan fingerprint density at radius 3 is 2.83 bits per heavy atom. The molecule has 2 atom stereocenters. The van der Waals surface area contributed by atoms with E-state index < -0.39 is 0 Å². The largest absolute Gasteiger partial charge is 0.368 e. The van der Waals surface area contributed by atoms with Gasteiger partial charge in [-0.05, 0) is 24.0 Å². The number of carbonyl (C=O) groups excluding carboxylic acids is 2. The van der Waals surface area contributed by atoms with Crippen molar-refractivity contribution in [3.05, 3.63) is 35.4 Å². The first-order valence-corrected chi connectivity index (χ1v) is 8.77. The maximum atomic E-state index is 12.7. The number of carbonyl (C=O) groups is 2. The van der Waals surface area contributed by atoms with Gasteiger partial charge in [0, 0.05) is 25.1 Å². The number of nitrogens with zero attached hydrogens (tertiary/aromatic N) is 2. The number of hydrogen-bond acceptors (Lipinski definition) is 3. The molecule has 0 bridgehead atoms. The van der Waals surface area contributed by atoms with E-state index in [1.807, 2.05) is 11.0 Å². The van der Waals surface area contributed by atoms with Gasteiger partial charge in [-0.1, -0.05) is 38.1 Å². The molecule has 1 aromatic rings. The highest BCUT2D eigenvalue weighted by Gasteiger charge is 2.45. The molecule has 5 heteroatoms. The first-order chi connectivity index (χ1) is 11.5. The molecule has 0 aliphatic carbocycles. The zero-order valence-corrected chi connectivity index (χ0v) is 14.3. The molecule has 0 saturated carbocycles. The van der Waals surface area contributed by atoms with Crippen molar-refractivity contribution < 1.29 is 14.3 Å². The highest BCUT2D eigenvalue weighted by atomic mass is 16.5. The van der Waals surface area contributed by atoms with E-state index in [1.54, 1.807) is 4.90 Å². The van der Waals surface area contributed by atoms with Gasteiger partial charge in [-0.25, -0.2) is 0 Å². The van der Waals surface area contributed by atoms with Crippen molar-refractivity contribution in [3.63, 3.8) is 0 Å². The number of fused-ring (bicyclic) bond motifs is 3. The highest BCUT2D eigenvalue weighted by Crippen LogP contribution is 2.41. The minimum atomic E-state index is -0.361. The van der Waals surface area contributed by atoms with Crippen LogP contribution in [0, 0.1) is 0 Å². The third-order valence-corrected chi connectivity index (χ3v) is 5.55. The van der Waals surface area contributed by atoms with E-state index in [2.05, 4.69) is 32.0 Å². The second kappa shape index (κ2) is 5.59. The monoisotopic (exact) mass is 328 g/mol. The number of amides is 2. The Bertz CT molecular complexity index is 679. The molecule has 3 aliphatic heterocycles. The summed E-state index contributed by atoms with van der Waals surface area (Å²) in [5.41, 5.74) is 2.39. The Hall–Kier alpha value is -1.88. The van der Waals surface area contributed by atoms with Crippen LogP contribution < -0.4 is 0 Å². The molecule has 3 heterocycles. The summed E-state index contributed by atoms with van der Waals surface area (Å²) in [6.45, 7) is 6.45. The molecule has 2 unspecified atom stereocenters. The summed E-state index contributed by atoms with van der Waals surface area (Å²) >= 11 is 0. The molecule has 2 saturated heterocycles. The van der Waals surface area contributed by atoms with E-state index in [1.165, 1.54) is 11.1 Å². The van der Waals surface area contributed by atoms with Gasteiger partial charge in [0.25, 0.3) is 5.91 Å². The van der Waals surface area contributed by atoms with Crippen molar-refractivity contribution in [1.29, 1.82) is 0 Å². The van der Waals surface area contributed by atoms with Crippen molar-refractivity contribution in [2.75, 3.05) is 26.2 Å². The molecule has 4 rings (SSSR count). The third kappa shape index (κ3) is 2.42. The van der Waals surface area contributed by atoms with Crippen LogP contribution in [0.15, 0.2) is 24.3 Å². The van der Waals surface area contributed by atoms with Crippen LogP contribution in [0.4, 0.5) is 0 Å². The van der Waals surface area contributed by atoms with Crippen LogP contribution in [-0.2, 0) is 19.7 Å². The van der Waals surface area contributed by atoms with E-state index in [9.17, 15) is 9.59 Å². The summed E-state index contributed by atoms with van der Waals surface area (Å²) in [5.74, 6) is 0.0167. The second-order valence-corrected chi connectivity index (χ2v) is 7.73. The molecule has 24 heavy (non-hydrogen) atoms. The molecule has 128 valence electrons. The minimum Gasteiger partial charge on any atom is -0.368 e. The zero-order chi connectivity index (χ0) is 16.9. The van der Waals surface area contributed by atoms with Gasteiger partial charge < -0.3 is 14.5 Å². The van der Waals surface area contributed by atoms with Gasteiger partial charge >= 0.3 is 0 Å². The van der Waals surface area contributed by atoms with Gasteiger partial charge in [-0.2, -0.15) is 0 Å². The summed E-state index contributed by atoms with van der Waals surface area (Å²) in [6, 6.07) is 8.28. The van der Waals surface area contributed by atoms with Crippen molar-refractivity contribution in [2.24, 2.45) is 0 Å². The van der Waals surface area contributed by atoms with Crippen LogP contribution >= 0.6 is 0 Å². The maximum absolute atomic E-state index is 12.7. The molecule has 5 nitrogen and oxygen atoms in total. The van der Waals surface area contributed by atoms with E-state index >= 15 is 0 Å². The standard InChI is InChI=1S/C19H24N2O3/c1-19(2)12-21-15(13-6-3-4-7-14(13)19)10-20(11-17(21)22)18(23)16-8-5-9-24-16/h3-4,6-7,15-16H,5,8-12H2,1-2H3. The quantitative estimate of drug-likeness (QED) is 0.791. The van der Waals surface area contributed by atoms with Gasteiger partial charge in [0.1, 0.15) is 6.10 Å². The lowest BCUT2D eigenvalue weighted by Crippen LogP contribution is -2.59.